The fourth-order valence-corrected chi connectivity index (χ4v) is 4.57. The predicted molar refractivity (Wildman–Crippen MR) is 104 cm³/mol. The minimum absolute atomic E-state index is 0.812. The highest BCUT2D eigenvalue weighted by molar-refractivity contribution is 8.03. The van der Waals surface area contributed by atoms with Gasteiger partial charge in [-0.25, -0.2) is 0 Å². The molecule has 0 amide bonds. The van der Waals surface area contributed by atoms with E-state index in [0.29, 0.717) is 0 Å². The van der Waals surface area contributed by atoms with E-state index in [1.807, 2.05) is 6.08 Å². The van der Waals surface area contributed by atoms with Crippen LogP contribution in [0.2, 0.25) is 0 Å². The molecule has 0 aromatic carbocycles. The van der Waals surface area contributed by atoms with Gasteiger partial charge in [-0.15, -0.1) is 11.8 Å². The van der Waals surface area contributed by atoms with Gasteiger partial charge in [0.15, 0.2) is 0 Å². The first-order valence-corrected chi connectivity index (χ1v) is 10.1. The zero-order valence-corrected chi connectivity index (χ0v) is 15.8. The maximum absolute atomic E-state index is 4.78. The number of unbranched alkanes of at least 4 members (excludes halogenated alkanes) is 3. The molecule has 1 saturated carbocycles. The molecule has 1 rings (SSSR count). The zero-order chi connectivity index (χ0) is 16.2. The van der Waals surface area contributed by atoms with Crippen molar-refractivity contribution in [1.82, 2.24) is 0 Å². The molecule has 126 valence electrons. The van der Waals surface area contributed by atoms with E-state index in [1.54, 1.807) is 0 Å². The van der Waals surface area contributed by atoms with E-state index < -0.39 is 0 Å². The second-order valence-electron chi connectivity index (χ2n) is 6.28. The van der Waals surface area contributed by atoms with Gasteiger partial charge in [0.1, 0.15) is 0 Å². The first kappa shape index (κ1) is 19.5. The number of aliphatic imine (C=N–C) groups is 1. The summed E-state index contributed by atoms with van der Waals surface area (Å²) in [5.74, 6) is 0. The average Bonchev–Trinajstić information content (AvgIpc) is 2.53. The van der Waals surface area contributed by atoms with Crippen molar-refractivity contribution in [2.24, 2.45) is 4.99 Å². The number of rotatable bonds is 10. The number of hydrogen-bond donors (Lipinski definition) is 0. The van der Waals surface area contributed by atoms with Crippen molar-refractivity contribution in [3.05, 3.63) is 23.1 Å². The zero-order valence-electron chi connectivity index (χ0n) is 15.0. The minimum Gasteiger partial charge on any atom is -0.289 e. The fourth-order valence-electron chi connectivity index (χ4n) is 3.17. The number of hydrogen-bond acceptors (Lipinski definition) is 2. The monoisotopic (exact) mass is 321 g/mol. The number of allylic oxidation sites excluding steroid dienone is 3. The van der Waals surface area contributed by atoms with Gasteiger partial charge in [-0.3, -0.25) is 4.99 Å². The van der Waals surface area contributed by atoms with Crippen LogP contribution in [-0.2, 0) is 0 Å². The van der Waals surface area contributed by atoms with Crippen molar-refractivity contribution < 1.29 is 0 Å². The molecule has 0 aromatic heterocycles. The quantitative estimate of drug-likeness (QED) is 0.241. The standard InChI is InChI=1S/C20H35NS/c1-5-8-9-13-16-20(21-7-3)19(6-2)17(4)22-18-14-11-10-12-15-18/h6,18H,2,5,7-16H2,1,3-4H3/b19-17+,21-20-. The largest absolute Gasteiger partial charge is 0.289 e. The smallest absolute Gasteiger partial charge is 0.0428 e. The lowest BCUT2D eigenvalue weighted by atomic mass is 10.0. The van der Waals surface area contributed by atoms with Crippen LogP contribution in [0.3, 0.4) is 0 Å². The molecule has 0 spiro atoms. The van der Waals surface area contributed by atoms with E-state index >= 15 is 0 Å². The van der Waals surface area contributed by atoms with Crippen LogP contribution < -0.4 is 0 Å². The van der Waals surface area contributed by atoms with Crippen LogP contribution in [-0.4, -0.2) is 17.5 Å². The van der Waals surface area contributed by atoms with Gasteiger partial charge in [-0.05, 0) is 44.4 Å². The predicted octanol–water partition coefficient (Wildman–Crippen LogP) is 6.94. The lowest BCUT2D eigenvalue weighted by molar-refractivity contribution is 0.516. The summed E-state index contributed by atoms with van der Waals surface area (Å²) in [5, 5.41) is 0.812. The third-order valence-corrected chi connectivity index (χ3v) is 5.78. The SMILES string of the molecule is C=CC(/C(CCCCCC)=N\CC)=C(/C)SC1CCCCC1. The minimum atomic E-state index is 0.812. The normalized spacial score (nSPS) is 18.2. The first-order valence-electron chi connectivity index (χ1n) is 9.26. The Kier molecular flexibility index (Phi) is 10.7. The van der Waals surface area contributed by atoms with Gasteiger partial charge in [0, 0.05) is 23.1 Å². The number of thioether (sulfide) groups is 1. The van der Waals surface area contributed by atoms with E-state index in [9.17, 15) is 0 Å². The Labute approximate surface area is 142 Å². The van der Waals surface area contributed by atoms with Crippen molar-refractivity contribution >= 4 is 17.5 Å². The first-order chi connectivity index (χ1) is 10.7. The highest BCUT2D eigenvalue weighted by atomic mass is 32.2. The lowest BCUT2D eigenvalue weighted by Crippen LogP contribution is -2.10. The summed E-state index contributed by atoms with van der Waals surface area (Å²) >= 11 is 2.08. The van der Waals surface area contributed by atoms with Crippen LogP contribution in [0.15, 0.2) is 28.1 Å². The summed E-state index contributed by atoms with van der Waals surface area (Å²) in [4.78, 5) is 6.22. The second-order valence-corrected chi connectivity index (χ2v) is 7.80. The van der Waals surface area contributed by atoms with Crippen molar-refractivity contribution in [3.63, 3.8) is 0 Å². The lowest BCUT2D eigenvalue weighted by Gasteiger charge is -2.22. The molecule has 1 fully saturated rings. The third-order valence-electron chi connectivity index (χ3n) is 4.41. The van der Waals surface area contributed by atoms with Crippen LogP contribution in [0.5, 0.6) is 0 Å². The highest BCUT2D eigenvalue weighted by Gasteiger charge is 2.16. The Hall–Kier alpha value is -0.500. The maximum atomic E-state index is 4.78. The molecule has 1 aliphatic rings. The van der Waals surface area contributed by atoms with E-state index in [4.69, 9.17) is 4.99 Å². The summed E-state index contributed by atoms with van der Waals surface area (Å²) in [6, 6.07) is 0. The second kappa shape index (κ2) is 12.0. The molecule has 0 bridgehead atoms. The van der Waals surface area contributed by atoms with E-state index in [2.05, 4.69) is 39.1 Å². The Bertz CT molecular complexity index is 375. The van der Waals surface area contributed by atoms with E-state index in [0.717, 1.165) is 18.2 Å². The Balaban J connectivity index is 2.70. The molecule has 1 nitrogen and oxygen atoms in total. The Morgan fingerprint density at radius 1 is 1.14 bits per heavy atom. The van der Waals surface area contributed by atoms with Crippen LogP contribution in [0, 0.1) is 0 Å². The summed E-state index contributed by atoms with van der Waals surface area (Å²) < 4.78 is 0. The van der Waals surface area contributed by atoms with Crippen molar-refractivity contribution in [1.29, 1.82) is 0 Å². The van der Waals surface area contributed by atoms with Crippen LogP contribution in [0.1, 0.15) is 85.0 Å². The molecule has 0 unspecified atom stereocenters. The van der Waals surface area contributed by atoms with Gasteiger partial charge in [-0.1, -0.05) is 58.1 Å². The summed E-state index contributed by atoms with van der Waals surface area (Å²) in [7, 11) is 0. The Morgan fingerprint density at radius 3 is 2.45 bits per heavy atom. The average molecular weight is 322 g/mol. The van der Waals surface area contributed by atoms with E-state index in [-0.39, 0.29) is 0 Å². The molecule has 0 heterocycles. The van der Waals surface area contributed by atoms with Gasteiger partial charge in [0.2, 0.25) is 0 Å². The van der Waals surface area contributed by atoms with Crippen LogP contribution in [0.25, 0.3) is 0 Å². The highest BCUT2D eigenvalue weighted by Crippen LogP contribution is 2.35. The van der Waals surface area contributed by atoms with E-state index in [1.165, 1.54) is 74.0 Å². The Morgan fingerprint density at radius 2 is 1.86 bits per heavy atom. The van der Waals surface area contributed by atoms with Crippen molar-refractivity contribution in [2.45, 2.75) is 90.2 Å². The molecule has 0 N–H and O–H groups in total. The van der Waals surface area contributed by atoms with Gasteiger partial charge in [0.05, 0.1) is 0 Å². The molecule has 2 heteroatoms. The molecule has 22 heavy (non-hydrogen) atoms. The molecule has 0 aliphatic heterocycles. The van der Waals surface area contributed by atoms with Gasteiger partial charge < -0.3 is 0 Å². The van der Waals surface area contributed by atoms with Crippen LogP contribution in [0.4, 0.5) is 0 Å². The summed E-state index contributed by atoms with van der Waals surface area (Å²) in [6.45, 7) is 11.6. The topological polar surface area (TPSA) is 12.4 Å². The van der Waals surface area contributed by atoms with Crippen molar-refractivity contribution in [3.8, 4) is 0 Å². The van der Waals surface area contributed by atoms with Gasteiger partial charge in [0.25, 0.3) is 0 Å². The molecular formula is C20H35NS. The maximum Gasteiger partial charge on any atom is 0.0428 e. The fraction of sp³-hybridized carbons (Fsp3) is 0.750. The molecule has 0 aromatic rings. The van der Waals surface area contributed by atoms with Crippen molar-refractivity contribution in [2.75, 3.05) is 6.54 Å². The molecule has 1 aliphatic carbocycles. The molecular weight excluding hydrogens is 286 g/mol. The summed E-state index contributed by atoms with van der Waals surface area (Å²) in [5.41, 5.74) is 2.60. The number of nitrogens with zero attached hydrogens (tertiary/aromatic N) is 1. The molecule has 0 radical (unpaired) electrons. The third kappa shape index (κ3) is 7.17. The summed E-state index contributed by atoms with van der Waals surface area (Å²) in [6.07, 6.45) is 15.3. The molecule has 0 saturated heterocycles. The molecule has 0 atom stereocenters. The van der Waals surface area contributed by atoms with Gasteiger partial charge >= 0.3 is 0 Å². The van der Waals surface area contributed by atoms with Crippen LogP contribution >= 0.6 is 11.8 Å². The van der Waals surface area contributed by atoms with Gasteiger partial charge in [-0.2, -0.15) is 0 Å².